The van der Waals surface area contributed by atoms with Crippen LogP contribution in [0.3, 0.4) is 0 Å². The molecule has 100 valence electrons. The molecule has 0 saturated heterocycles. The summed E-state index contributed by atoms with van der Waals surface area (Å²) in [7, 11) is 0. The minimum absolute atomic E-state index is 0.217. The highest BCUT2D eigenvalue weighted by molar-refractivity contribution is 5.79. The van der Waals surface area contributed by atoms with Crippen LogP contribution in [-0.2, 0) is 0 Å². The Morgan fingerprint density at radius 3 is 2.39 bits per heavy atom. The highest BCUT2D eigenvalue weighted by Gasteiger charge is 2.03. The van der Waals surface area contributed by atoms with Gasteiger partial charge in [-0.15, -0.1) is 0 Å². The van der Waals surface area contributed by atoms with Gasteiger partial charge < -0.3 is 20.4 Å². The van der Waals surface area contributed by atoms with Crippen LogP contribution < -0.4 is 15.2 Å². The van der Waals surface area contributed by atoms with Gasteiger partial charge in [-0.05, 0) is 25.0 Å². The topological polar surface area (TPSA) is 77.1 Å². The zero-order chi connectivity index (χ0) is 13.2. The third kappa shape index (κ3) is 4.95. The van der Waals surface area contributed by atoms with Crippen LogP contribution in [-0.4, -0.2) is 24.3 Å². The maximum atomic E-state index is 8.39. The van der Waals surface area contributed by atoms with E-state index in [2.05, 4.69) is 12.1 Å². The molecule has 5 nitrogen and oxygen atoms in total. The Hall–Kier alpha value is -1.91. The van der Waals surface area contributed by atoms with Crippen molar-refractivity contribution in [2.45, 2.75) is 26.2 Å². The molecule has 0 atom stereocenters. The summed E-state index contributed by atoms with van der Waals surface area (Å²) in [6.45, 7) is 3.23. The summed E-state index contributed by atoms with van der Waals surface area (Å²) in [5.74, 6) is 1.70. The van der Waals surface area contributed by atoms with E-state index in [1.54, 1.807) is 0 Å². The van der Waals surface area contributed by atoms with Crippen LogP contribution in [0, 0.1) is 0 Å². The third-order valence-corrected chi connectivity index (χ3v) is 2.27. The normalized spacial score (nSPS) is 11.3. The average molecular weight is 252 g/mol. The lowest BCUT2D eigenvalue weighted by Gasteiger charge is -2.11. The lowest BCUT2D eigenvalue weighted by atomic mass is 10.3. The van der Waals surface area contributed by atoms with Gasteiger partial charge in [0.05, 0.1) is 13.2 Å². The maximum Gasteiger partial charge on any atom is 0.161 e. The molecular formula is C13H20N2O3. The Bertz CT molecular complexity index is 380. The van der Waals surface area contributed by atoms with E-state index in [0.29, 0.717) is 26.1 Å². The molecule has 0 heterocycles. The van der Waals surface area contributed by atoms with Crippen molar-refractivity contribution < 1.29 is 14.7 Å². The van der Waals surface area contributed by atoms with E-state index in [1.807, 2.05) is 24.3 Å². The highest BCUT2D eigenvalue weighted by atomic mass is 16.5. The SMILES string of the molecule is CCCOc1ccccc1OCCC/C(N)=N/O. The number of para-hydroxylation sites is 2. The smallest absolute Gasteiger partial charge is 0.161 e. The summed E-state index contributed by atoms with van der Waals surface area (Å²) in [5.41, 5.74) is 5.37. The standard InChI is InChI=1S/C13H20N2O3/c1-2-9-17-11-6-3-4-7-12(11)18-10-5-8-13(14)15-16/h3-4,6-7,16H,2,5,8-10H2,1H3,(H2,14,15). The molecule has 0 aliphatic carbocycles. The second-order valence-electron chi connectivity index (χ2n) is 3.84. The monoisotopic (exact) mass is 252 g/mol. The summed E-state index contributed by atoms with van der Waals surface area (Å²) in [4.78, 5) is 0. The van der Waals surface area contributed by atoms with E-state index in [4.69, 9.17) is 20.4 Å². The number of nitrogens with two attached hydrogens (primary N) is 1. The van der Waals surface area contributed by atoms with Crippen molar-refractivity contribution in [3.8, 4) is 11.5 Å². The summed E-state index contributed by atoms with van der Waals surface area (Å²) < 4.78 is 11.2. The molecule has 5 heteroatoms. The van der Waals surface area contributed by atoms with Gasteiger partial charge in [-0.1, -0.05) is 24.2 Å². The lowest BCUT2D eigenvalue weighted by molar-refractivity contribution is 0.266. The van der Waals surface area contributed by atoms with Gasteiger partial charge >= 0.3 is 0 Å². The van der Waals surface area contributed by atoms with Crippen LogP contribution in [0.1, 0.15) is 26.2 Å². The summed E-state index contributed by atoms with van der Waals surface area (Å²) >= 11 is 0. The lowest BCUT2D eigenvalue weighted by Crippen LogP contribution is -2.13. The van der Waals surface area contributed by atoms with Gasteiger partial charge in [-0.3, -0.25) is 0 Å². The Labute approximate surface area is 107 Å². The van der Waals surface area contributed by atoms with Crippen molar-refractivity contribution in [1.29, 1.82) is 0 Å². The second-order valence-corrected chi connectivity index (χ2v) is 3.84. The molecule has 0 spiro atoms. The molecular weight excluding hydrogens is 232 g/mol. The minimum atomic E-state index is 0.217. The molecule has 1 rings (SSSR count). The molecule has 0 aromatic heterocycles. The Balaban J connectivity index is 2.41. The van der Waals surface area contributed by atoms with E-state index in [0.717, 1.165) is 17.9 Å². The highest BCUT2D eigenvalue weighted by Crippen LogP contribution is 2.26. The molecule has 0 saturated carbocycles. The zero-order valence-electron chi connectivity index (χ0n) is 10.6. The van der Waals surface area contributed by atoms with Crippen molar-refractivity contribution in [3.63, 3.8) is 0 Å². The van der Waals surface area contributed by atoms with Crippen molar-refractivity contribution in [2.24, 2.45) is 10.9 Å². The van der Waals surface area contributed by atoms with E-state index in [-0.39, 0.29) is 5.84 Å². The molecule has 0 radical (unpaired) electrons. The molecule has 0 aliphatic rings. The van der Waals surface area contributed by atoms with Gasteiger partial charge in [0.2, 0.25) is 0 Å². The van der Waals surface area contributed by atoms with Gasteiger partial charge in [-0.2, -0.15) is 0 Å². The molecule has 1 aromatic carbocycles. The molecule has 0 unspecified atom stereocenters. The fourth-order valence-electron chi connectivity index (χ4n) is 1.39. The minimum Gasteiger partial charge on any atom is -0.490 e. The van der Waals surface area contributed by atoms with Crippen LogP contribution in [0.4, 0.5) is 0 Å². The molecule has 0 aliphatic heterocycles. The van der Waals surface area contributed by atoms with E-state index in [1.165, 1.54) is 0 Å². The van der Waals surface area contributed by atoms with Crippen LogP contribution in [0.15, 0.2) is 29.4 Å². The number of benzene rings is 1. The first kappa shape index (κ1) is 14.2. The van der Waals surface area contributed by atoms with Gasteiger partial charge in [-0.25, -0.2) is 0 Å². The molecule has 0 amide bonds. The first-order valence-electron chi connectivity index (χ1n) is 6.09. The van der Waals surface area contributed by atoms with Crippen LogP contribution in [0.25, 0.3) is 0 Å². The number of rotatable bonds is 8. The van der Waals surface area contributed by atoms with Crippen molar-refractivity contribution in [2.75, 3.05) is 13.2 Å². The predicted molar refractivity (Wildman–Crippen MR) is 70.4 cm³/mol. The van der Waals surface area contributed by atoms with Crippen LogP contribution in [0.2, 0.25) is 0 Å². The van der Waals surface area contributed by atoms with Crippen molar-refractivity contribution in [3.05, 3.63) is 24.3 Å². The quantitative estimate of drug-likeness (QED) is 0.245. The fourth-order valence-corrected chi connectivity index (χ4v) is 1.39. The summed E-state index contributed by atoms with van der Waals surface area (Å²) in [6.07, 6.45) is 2.16. The number of hydrogen-bond acceptors (Lipinski definition) is 4. The van der Waals surface area contributed by atoms with Crippen molar-refractivity contribution >= 4 is 5.84 Å². The maximum absolute atomic E-state index is 8.39. The van der Waals surface area contributed by atoms with E-state index < -0.39 is 0 Å². The number of amidine groups is 1. The summed E-state index contributed by atoms with van der Waals surface area (Å²) in [5, 5.41) is 11.3. The zero-order valence-corrected chi connectivity index (χ0v) is 10.6. The number of hydrogen-bond donors (Lipinski definition) is 2. The third-order valence-electron chi connectivity index (χ3n) is 2.27. The van der Waals surface area contributed by atoms with Crippen molar-refractivity contribution in [1.82, 2.24) is 0 Å². The van der Waals surface area contributed by atoms with Gasteiger partial charge in [0.1, 0.15) is 5.84 Å². The van der Waals surface area contributed by atoms with Gasteiger partial charge in [0.15, 0.2) is 11.5 Å². The first-order valence-corrected chi connectivity index (χ1v) is 6.09. The average Bonchev–Trinajstić information content (AvgIpc) is 2.42. The van der Waals surface area contributed by atoms with E-state index >= 15 is 0 Å². The number of nitrogens with zero attached hydrogens (tertiary/aromatic N) is 1. The second kappa shape index (κ2) is 8.22. The van der Waals surface area contributed by atoms with Crippen LogP contribution in [0.5, 0.6) is 11.5 Å². The molecule has 3 N–H and O–H groups in total. The van der Waals surface area contributed by atoms with Gasteiger partial charge in [0, 0.05) is 6.42 Å². The number of oxime groups is 1. The molecule has 0 fully saturated rings. The molecule has 0 bridgehead atoms. The Morgan fingerprint density at radius 1 is 1.22 bits per heavy atom. The van der Waals surface area contributed by atoms with Gasteiger partial charge in [0.25, 0.3) is 0 Å². The fraction of sp³-hybridized carbons (Fsp3) is 0.462. The predicted octanol–water partition coefficient (Wildman–Crippen LogP) is 2.38. The Kier molecular flexibility index (Phi) is 6.46. The largest absolute Gasteiger partial charge is 0.490 e. The molecule has 1 aromatic rings. The summed E-state index contributed by atoms with van der Waals surface area (Å²) in [6, 6.07) is 7.56. The van der Waals surface area contributed by atoms with E-state index in [9.17, 15) is 0 Å². The Morgan fingerprint density at radius 2 is 1.83 bits per heavy atom. The first-order chi connectivity index (χ1) is 8.77. The number of ether oxygens (including phenoxy) is 2. The molecule has 18 heavy (non-hydrogen) atoms. The van der Waals surface area contributed by atoms with Crippen LogP contribution >= 0.6 is 0 Å².